The molecular weight excluding hydrogens is 280 g/mol. The highest BCUT2D eigenvalue weighted by atomic mass is 32.1. The fourth-order valence-corrected chi connectivity index (χ4v) is 2.91. The third-order valence-corrected chi connectivity index (χ3v) is 3.93. The molecule has 0 atom stereocenters. The number of benzene rings is 1. The number of aromatic nitrogens is 1. The first-order chi connectivity index (χ1) is 10.2. The molecule has 1 aromatic heterocycles. The maximum atomic E-state index is 5.85. The Kier molecular flexibility index (Phi) is 5.81. The van der Waals surface area contributed by atoms with Gasteiger partial charge in [0.15, 0.2) is 0 Å². The minimum atomic E-state index is 0.666. The fraction of sp³-hybridized carbons (Fsp3) is 0.353. The molecule has 2 aromatic rings. The van der Waals surface area contributed by atoms with Crippen molar-refractivity contribution in [3.05, 3.63) is 47.3 Å². The normalized spacial score (nSPS) is 12.2. The fourth-order valence-electron chi connectivity index (χ4n) is 2.06. The first-order valence-corrected chi connectivity index (χ1v) is 8.11. The third kappa shape index (κ3) is 4.60. The number of rotatable bonds is 7. The lowest BCUT2D eigenvalue weighted by Gasteiger charge is -2.09. The molecule has 0 amide bonds. The van der Waals surface area contributed by atoms with E-state index in [2.05, 4.69) is 29.4 Å². The van der Waals surface area contributed by atoms with Gasteiger partial charge in [0.1, 0.15) is 5.75 Å². The van der Waals surface area contributed by atoms with Crippen molar-refractivity contribution >= 4 is 21.6 Å². The number of fused-ring (bicyclic) bond motifs is 1. The van der Waals surface area contributed by atoms with Crippen LogP contribution in [0.1, 0.15) is 31.7 Å². The molecule has 0 spiro atoms. The van der Waals surface area contributed by atoms with Gasteiger partial charge in [-0.1, -0.05) is 19.1 Å². The predicted octanol–water partition coefficient (Wildman–Crippen LogP) is 4.79. The Morgan fingerprint density at radius 1 is 1.43 bits per heavy atom. The second-order valence-electron chi connectivity index (χ2n) is 4.74. The number of aryl methyl sites for hydroxylation is 1. The molecule has 21 heavy (non-hydrogen) atoms. The Bertz CT molecular complexity index is 643. The zero-order chi connectivity index (χ0) is 15.1. The summed E-state index contributed by atoms with van der Waals surface area (Å²) in [4.78, 5) is 4.46. The van der Waals surface area contributed by atoms with Crippen molar-refractivity contribution < 1.29 is 4.74 Å². The van der Waals surface area contributed by atoms with Gasteiger partial charge in [0.05, 0.1) is 21.8 Å². The van der Waals surface area contributed by atoms with Gasteiger partial charge in [0.2, 0.25) is 0 Å². The van der Waals surface area contributed by atoms with Crippen molar-refractivity contribution in [1.29, 1.82) is 0 Å². The number of thiazole rings is 1. The standard InChI is InChI=1S/C17H22N2OS/c1-4-6-14(18-10-5-2)9-11-20-15-7-8-16-17(12-15)21-13(3)19-16/h5-8,10,12,18H,4,9,11H2,1-3H3/b10-5-,14-6+. The van der Waals surface area contributed by atoms with Crippen LogP contribution >= 0.6 is 11.3 Å². The highest BCUT2D eigenvalue weighted by Crippen LogP contribution is 2.26. The first-order valence-electron chi connectivity index (χ1n) is 7.29. The number of allylic oxidation sites excluding steroid dienone is 2. The molecule has 1 aromatic carbocycles. The number of hydrogen-bond donors (Lipinski definition) is 1. The van der Waals surface area contributed by atoms with E-state index in [1.165, 1.54) is 10.4 Å². The minimum absolute atomic E-state index is 0.666. The molecule has 0 unspecified atom stereocenters. The van der Waals surface area contributed by atoms with Gasteiger partial charge in [-0.15, -0.1) is 11.3 Å². The van der Waals surface area contributed by atoms with Crippen molar-refractivity contribution in [2.75, 3.05) is 6.61 Å². The Hall–Kier alpha value is -1.81. The van der Waals surface area contributed by atoms with Crippen molar-refractivity contribution in [3.63, 3.8) is 0 Å². The molecule has 0 saturated carbocycles. The summed E-state index contributed by atoms with van der Waals surface area (Å²) in [6.45, 7) is 6.83. The van der Waals surface area contributed by atoms with Gasteiger partial charge in [-0.2, -0.15) is 0 Å². The van der Waals surface area contributed by atoms with Crippen LogP contribution in [0.4, 0.5) is 0 Å². The predicted molar refractivity (Wildman–Crippen MR) is 90.8 cm³/mol. The Morgan fingerprint density at radius 2 is 2.29 bits per heavy atom. The van der Waals surface area contributed by atoms with Crippen LogP contribution in [-0.4, -0.2) is 11.6 Å². The average molecular weight is 302 g/mol. The third-order valence-electron chi connectivity index (χ3n) is 2.99. The van der Waals surface area contributed by atoms with E-state index in [4.69, 9.17) is 4.74 Å². The number of ether oxygens (including phenoxy) is 1. The minimum Gasteiger partial charge on any atom is -0.493 e. The van der Waals surface area contributed by atoms with E-state index in [9.17, 15) is 0 Å². The van der Waals surface area contributed by atoms with Crippen LogP contribution in [0.25, 0.3) is 10.2 Å². The van der Waals surface area contributed by atoms with Crippen LogP contribution in [-0.2, 0) is 0 Å². The summed E-state index contributed by atoms with van der Waals surface area (Å²) >= 11 is 1.70. The van der Waals surface area contributed by atoms with E-state index in [0.717, 1.165) is 29.1 Å². The van der Waals surface area contributed by atoms with E-state index >= 15 is 0 Å². The van der Waals surface area contributed by atoms with Gasteiger partial charge in [-0.25, -0.2) is 4.98 Å². The summed E-state index contributed by atoms with van der Waals surface area (Å²) < 4.78 is 7.04. The molecule has 1 N–H and O–H groups in total. The number of nitrogens with one attached hydrogen (secondary N) is 1. The van der Waals surface area contributed by atoms with Crippen molar-refractivity contribution in [2.24, 2.45) is 0 Å². The zero-order valence-corrected chi connectivity index (χ0v) is 13.7. The van der Waals surface area contributed by atoms with Gasteiger partial charge in [-0.05, 0) is 44.7 Å². The van der Waals surface area contributed by atoms with Gasteiger partial charge in [0, 0.05) is 12.1 Å². The topological polar surface area (TPSA) is 34.1 Å². The Morgan fingerprint density at radius 3 is 3.05 bits per heavy atom. The monoisotopic (exact) mass is 302 g/mol. The van der Waals surface area contributed by atoms with Crippen molar-refractivity contribution in [2.45, 2.75) is 33.6 Å². The molecule has 0 aliphatic heterocycles. The van der Waals surface area contributed by atoms with E-state index < -0.39 is 0 Å². The van der Waals surface area contributed by atoms with E-state index in [0.29, 0.717) is 6.61 Å². The molecule has 2 rings (SSSR count). The number of hydrogen-bond acceptors (Lipinski definition) is 4. The number of nitrogens with zero attached hydrogens (tertiary/aromatic N) is 1. The van der Waals surface area contributed by atoms with Crippen molar-refractivity contribution in [1.82, 2.24) is 10.3 Å². The maximum Gasteiger partial charge on any atom is 0.120 e. The molecule has 3 nitrogen and oxygen atoms in total. The maximum absolute atomic E-state index is 5.85. The van der Waals surface area contributed by atoms with Crippen LogP contribution in [0, 0.1) is 6.92 Å². The van der Waals surface area contributed by atoms with E-state index in [1.807, 2.05) is 38.3 Å². The smallest absolute Gasteiger partial charge is 0.120 e. The van der Waals surface area contributed by atoms with Gasteiger partial charge >= 0.3 is 0 Å². The summed E-state index contributed by atoms with van der Waals surface area (Å²) in [7, 11) is 0. The molecule has 0 fully saturated rings. The summed E-state index contributed by atoms with van der Waals surface area (Å²) in [6, 6.07) is 6.09. The zero-order valence-electron chi connectivity index (χ0n) is 12.8. The molecule has 0 saturated heterocycles. The summed E-state index contributed by atoms with van der Waals surface area (Å²) in [5.74, 6) is 0.910. The lowest BCUT2D eigenvalue weighted by Crippen LogP contribution is -2.09. The van der Waals surface area contributed by atoms with Crippen LogP contribution < -0.4 is 10.1 Å². The molecule has 112 valence electrons. The molecular formula is C17H22N2OS. The summed E-state index contributed by atoms with van der Waals surface area (Å²) in [6.07, 6.45) is 8.03. The molecule has 0 aliphatic rings. The van der Waals surface area contributed by atoms with Gasteiger partial charge in [-0.3, -0.25) is 0 Å². The van der Waals surface area contributed by atoms with Crippen molar-refractivity contribution in [3.8, 4) is 5.75 Å². The summed E-state index contributed by atoms with van der Waals surface area (Å²) in [5, 5.41) is 4.37. The first kappa shape index (κ1) is 15.6. The second-order valence-corrected chi connectivity index (χ2v) is 5.98. The molecule has 4 heteroatoms. The Balaban J connectivity index is 1.92. The molecule has 0 aliphatic carbocycles. The average Bonchev–Trinajstić information content (AvgIpc) is 2.84. The van der Waals surface area contributed by atoms with Gasteiger partial charge < -0.3 is 10.1 Å². The molecule has 0 bridgehead atoms. The van der Waals surface area contributed by atoms with Crippen LogP contribution in [0.15, 0.2) is 42.2 Å². The lowest BCUT2D eigenvalue weighted by molar-refractivity contribution is 0.320. The van der Waals surface area contributed by atoms with Crippen LogP contribution in [0.3, 0.4) is 0 Å². The van der Waals surface area contributed by atoms with E-state index in [-0.39, 0.29) is 0 Å². The Labute approximate surface area is 130 Å². The molecule has 0 radical (unpaired) electrons. The molecule has 1 heterocycles. The second kappa shape index (κ2) is 7.84. The van der Waals surface area contributed by atoms with E-state index in [1.54, 1.807) is 11.3 Å². The highest BCUT2D eigenvalue weighted by molar-refractivity contribution is 7.18. The van der Waals surface area contributed by atoms with Crippen LogP contribution in [0.5, 0.6) is 5.75 Å². The largest absolute Gasteiger partial charge is 0.493 e. The summed E-state index contributed by atoms with van der Waals surface area (Å²) in [5.41, 5.74) is 2.25. The van der Waals surface area contributed by atoms with Gasteiger partial charge in [0.25, 0.3) is 0 Å². The lowest BCUT2D eigenvalue weighted by atomic mass is 10.2. The highest BCUT2D eigenvalue weighted by Gasteiger charge is 2.03. The van der Waals surface area contributed by atoms with Crippen LogP contribution in [0.2, 0.25) is 0 Å². The quantitative estimate of drug-likeness (QED) is 0.798. The SMILES string of the molecule is C/C=C\N/C(=C/CC)CCOc1ccc2nc(C)sc2c1.